The maximum Gasteiger partial charge on any atom is 0.272 e. The molecular weight excluding hydrogens is 462 g/mol. The van der Waals surface area contributed by atoms with Crippen LogP contribution in [0.3, 0.4) is 0 Å². The molecule has 1 aliphatic heterocycles. The van der Waals surface area contributed by atoms with E-state index in [1.807, 2.05) is 30.3 Å². The fraction of sp³-hybridized carbons (Fsp3) is 0.308. The van der Waals surface area contributed by atoms with Gasteiger partial charge in [-0.2, -0.15) is 5.10 Å². The molecule has 0 radical (unpaired) electrons. The van der Waals surface area contributed by atoms with Gasteiger partial charge >= 0.3 is 0 Å². The Morgan fingerprint density at radius 3 is 2.47 bits per heavy atom. The minimum Gasteiger partial charge on any atom is -0.497 e. The number of fused-ring (bicyclic) bond motifs is 1. The van der Waals surface area contributed by atoms with Crippen LogP contribution in [0.25, 0.3) is 0 Å². The fourth-order valence-corrected chi connectivity index (χ4v) is 4.07. The molecule has 0 fully saturated rings. The lowest BCUT2D eigenvalue weighted by atomic mass is 9.96. The predicted molar refractivity (Wildman–Crippen MR) is 132 cm³/mol. The molecule has 1 unspecified atom stereocenters. The molecule has 1 aromatic heterocycles. The molecule has 4 rings (SSSR count). The summed E-state index contributed by atoms with van der Waals surface area (Å²) in [4.78, 5) is 40.5. The van der Waals surface area contributed by atoms with E-state index in [2.05, 4.69) is 15.7 Å². The molecule has 1 atom stereocenters. The van der Waals surface area contributed by atoms with Crippen molar-refractivity contribution in [1.82, 2.24) is 25.3 Å². The summed E-state index contributed by atoms with van der Waals surface area (Å²) in [6.45, 7) is 2.34. The van der Waals surface area contributed by atoms with Gasteiger partial charge in [-0.05, 0) is 24.6 Å². The highest BCUT2D eigenvalue weighted by Crippen LogP contribution is 2.27. The van der Waals surface area contributed by atoms with Gasteiger partial charge in [0.15, 0.2) is 5.69 Å². The average Bonchev–Trinajstić information content (AvgIpc) is 3.33. The Labute approximate surface area is 209 Å². The first-order chi connectivity index (χ1) is 17.3. The van der Waals surface area contributed by atoms with Gasteiger partial charge in [0.25, 0.3) is 11.8 Å². The highest BCUT2D eigenvalue weighted by Gasteiger charge is 2.46. The number of carbonyl (C=O) groups is 3. The third-order valence-corrected chi connectivity index (χ3v) is 6.45. The van der Waals surface area contributed by atoms with E-state index in [0.29, 0.717) is 18.0 Å². The van der Waals surface area contributed by atoms with Crippen molar-refractivity contribution in [2.75, 3.05) is 21.3 Å². The molecule has 2 aromatic carbocycles. The molecule has 188 valence electrons. The second kappa shape index (κ2) is 10.1. The van der Waals surface area contributed by atoms with E-state index >= 15 is 0 Å². The van der Waals surface area contributed by atoms with E-state index in [9.17, 15) is 14.4 Å². The smallest absolute Gasteiger partial charge is 0.272 e. The standard InChI is InChI=1S/C26H29N5O5/c1-26(25(34)28-14-17-8-6-5-7-9-17)16-31-21(24(33)30(26)2)13-20(29-31)23(32)27-15-18-10-11-19(35-3)12-22(18)36-4/h5-13H,14-16H2,1-4H3,(H,27,32)(H,28,34). The van der Waals surface area contributed by atoms with Crippen LogP contribution < -0.4 is 20.1 Å². The zero-order valence-corrected chi connectivity index (χ0v) is 20.7. The number of aromatic nitrogens is 2. The number of nitrogens with one attached hydrogen (secondary N) is 2. The predicted octanol–water partition coefficient (Wildman–Crippen LogP) is 1.99. The highest BCUT2D eigenvalue weighted by atomic mass is 16.5. The first-order valence-electron chi connectivity index (χ1n) is 11.4. The van der Waals surface area contributed by atoms with Gasteiger partial charge in [0, 0.05) is 37.8 Å². The molecule has 10 heteroatoms. The third-order valence-electron chi connectivity index (χ3n) is 6.45. The van der Waals surface area contributed by atoms with E-state index in [-0.39, 0.29) is 36.3 Å². The van der Waals surface area contributed by atoms with E-state index in [1.165, 1.54) is 15.6 Å². The Balaban J connectivity index is 1.47. The summed E-state index contributed by atoms with van der Waals surface area (Å²) in [5, 5.41) is 10.0. The Morgan fingerprint density at radius 1 is 1.03 bits per heavy atom. The average molecular weight is 492 g/mol. The molecule has 1 aliphatic rings. The molecule has 10 nitrogen and oxygen atoms in total. The van der Waals surface area contributed by atoms with Crippen LogP contribution in [0.4, 0.5) is 0 Å². The first-order valence-corrected chi connectivity index (χ1v) is 11.4. The zero-order chi connectivity index (χ0) is 25.9. The molecule has 0 aliphatic carbocycles. The van der Waals surface area contributed by atoms with Crippen molar-refractivity contribution in [3.63, 3.8) is 0 Å². The molecular formula is C26H29N5O5. The lowest BCUT2D eigenvalue weighted by Crippen LogP contribution is -2.62. The van der Waals surface area contributed by atoms with Crippen LogP contribution >= 0.6 is 0 Å². The fourth-order valence-electron chi connectivity index (χ4n) is 4.07. The van der Waals surface area contributed by atoms with Gasteiger partial charge in [-0.1, -0.05) is 30.3 Å². The maximum atomic E-state index is 13.1. The summed E-state index contributed by atoms with van der Waals surface area (Å²) in [7, 11) is 4.68. The van der Waals surface area contributed by atoms with Crippen molar-refractivity contribution >= 4 is 17.7 Å². The van der Waals surface area contributed by atoms with Gasteiger partial charge in [0.05, 0.1) is 20.8 Å². The highest BCUT2D eigenvalue weighted by molar-refractivity contribution is 6.01. The number of methoxy groups -OCH3 is 2. The number of nitrogens with zero attached hydrogens (tertiary/aromatic N) is 3. The number of rotatable bonds is 8. The summed E-state index contributed by atoms with van der Waals surface area (Å²) in [6.07, 6.45) is 0. The molecule has 3 aromatic rings. The first kappa shape index (κ1) is 24.8. The maximum absolute atomic E-state index is 13.1. The Hall–Kier alpha value is -4.34. The van der Waals surface area contributed by atoms with E-state index < -0.39 is 11.4 Å². The third kappa shape index (κ3) is 4.74. The van der Waals surface area contributed by atoms with E-state index in [1.54, 1.807) is 46.4 Å². The monoisotopic (exact) mass is 491 g/mol. The van der Waals surface area contributed by atoms with E-state index in [0.717, 1.165) is 11.1 Å². The second-order valence-corrected chi connectivity index (χ2v) is 8.74. The normalized spacial score (nSPS) is 16.8. The summed E-state index contributed by atoms with van der Waals surface area (Å²) >= 11 is 0. The van der Waals surface area contributed by atoms with Crippen molar-refractivity contribution in [3.05, 3.63) is 77.1 Å². The van der Waals surface area contributed by atoms with Gasteiger partial charge < -0.3 is 25.0 Å². The van der Waals surface area contributed by atoms with Crippen LogP contribution in [0.1, 0.15) is 39.0 Å². The van der Waals surface area contributed by atoms with Gasteiger partial charge in [-0.3, -0.25) is 19.1 Å². The number of amides is 3. The molecule has 0 saturated carbocycles. The number of ether oxygens (including phenoxy) is 2. The quantitative estimate of drug-likeness (QED) is 0.498. The zero-order valence-electron chi connectivity index (χ0n) is 20.7. The van der Waals surface area contributed by atoms with E-state index in [4.69, 9.17) is 9.47 Å². The minimum atomic E-state index is -1.17. The van der Waals surface area contributed by atoms with Crippen LogP contribution in [0.15, 0.2) is 54.6 Å². The van der Waals surface area contributed by atoms with Crippen LogP contribution in [0, 0.1) is 0 Å². The molecule has 0 saturated heterocycles. The van der Waals surface area contributed by atoms with Gasteiger partial charge in [0.1, 0.15) is 22.7 Å². The van der Waals surface area contributed by atoms with Crippen LogP contribution in [0.5, 0.6) is 11.5 Å². The topological polar surface area (TPSA) is 115 Å². The van der Waals surface area contributed by atoms with Crippen molar-refractivity contribution < 1.29 is 23.9 Å². The number of carbonyl (C=O) groups excluding carboxylic acids is 3. The van der Waals surface area contributed by atoms with Crippen molar-refractivity contribution in [1.29, 1.82) is 0 Å². The molecule has 2 N–H and O–H groups in total. The summed E-state index contributed by atoms with van der Waals surface area (Å²) in [6, 6.07) is 16.3. The van der Waals surface area contributed by atoms with Gasteiger partial charge in [0.2, 0.25) is 5.91 Å². The van der Waals surface area contributed by atoms with Crippen LogP contribution in [0.2, 0.25) is 0 Å². The Kier molecular flexibility index (Phi) is 6.96. The van der Waals surface area contributed by atoms with Crippen LogP contribution in [-0.4, -0.2) is 59.2 Å². The number of likely N-dealkylation sites (N-methyl/N-ethyl adjacent to an activating group) is 1. The number of hydrogen-bond acceptors (Lipinski definition) is 6. The molecule has 2 heterocycles. The molecule has 0 spiro atoms. The van der Waals surface area contributed by atoms with Gasteiger partial charge in [-0.25, -0.2) is 0 Å². The van der Waals surface area contributed by atoms with Crippen molar-refractivity contribution in [2.24, 2.45) is 0 Å². The lowest BCUT2D eigenvalue weighted by Gasteiger charge is -2.40. The molecule has 36 heavy (non-hydrogen) atoms. The number of hydrogen-bond donors (Lipinski definition) is 2. The van der Waals surface area contributed by atoms with Crippen molar-refractivity contribution in [3.8, 4) is 11.5 Å². The Morgan fingerprint density at radius 2 is 1.78 bits per heavy atom. The lowest BCUT2D eigenvalue weighted by molar-refractivity contribution is -0.132. The second-order valence-electron chi connectivity index (χ2n) is 8.74. The number of benzene rings is 2. The summed E-state index contributed by atoms with van der Waals surface area (Å²) in [5.41, 5.74) is 0.876. The van der Waals surface area contributed by atoms with Crippen LogP contribution in [-0.2, 0) is 24.4 Å². The largest absolute Gasteiger partial charge is 0.497 e. The van der Waals surface area contributed by atoms with Gasteiger partial charge in [-0.15, -0.1) is 0 Å². The molecule has 3 amide bonds. The summed E-state index contributed by atoms with van der Waals surface area (Å²) in [5.74, 6) is 0.0819. The Bertz CT molecular complexity index is 1290. The summed E-state index contributed by atoms with van der Waals surface area (Å²) < 4.78 is 12.0. The molecule has 0 bridgehead atoms. The minimum absolute atomic E-state index is 0.0909. The SMILES string of the molecule is COc1ccc(CNC(=O)c2cc3n(n2)CC(C)(C(=O)NCc2ccccc2)N(C)C3=O)c(OC)c1. The van der Waals surface area contributed by atoms with Crippen molar-refractivity contribution in [2.45, 2.75) is 32.1 Å².